The summed E-state index contributed by atoms with van der Waals surface area (Å²) in [5.74, 6) is -1.88. The molecule has 2 heterocycles. The monoisotopic (exact) mass is 413 g/mol. The van der Waals surface area contributed by atoms with Gasteiger partial charge in [0.05, 0.1) is 29.5 Å². The summed E-state index contributed by atoms with van der Waals surface area (Å²) in [6.07, 6.45) is 3.04. The molecular weight excluding hydrogens is 392 g/mol. The number of piperazine rings is 1. The molecule has 1 aliphatic carbocycles. The van der Waals surface area contributed by atoms with E-state index in [0.717, 1.165) is 18.9 Å². The average molecular weight is 413 g/mol. The Hall–Kier alpha value is -0.974. The number of methoxy groups -OCH3 is 1. The number of carbonyl (C=O) groups is 1. The smallest absolute Gasteiger partial charge is 0.545 e. The first-order valence-electron chi connectivity index (χ1n) is 9.07. The van der Waals surface area contributed by atoms with Crippen molar-refractivity contribution in [3.63, 3.8) is 0 Å². The first kappa shape index (κ1) is 21.7. The Kier molecular flexibility index (Phi) is 6.53. The number of hydrogen-bond donors (Lipinski definition) is 1. The molecule has 1 aromatic carbocycles. The topological polar surface area (TPSA) is 86.6 Å². The molecule has 4 rings (SSSR count). The fourth-order valence-electron chi connectivity index (χ4n) is 3.85. The Balaban J connectivity index is 0.00000225. The van der Waals surface area contributed by atoms with E-state index in [-0.39, 0.29) is 74.6 Å². The van der Waals surface area contributed by atoms with Gasteiger partial charge in [0.2, 0.25) is 0 Å². The molecule has 0 radical (unpaired) electrons. The molecule has 1 saturated carbocycles. The second-order valence-corrected chi connectivity index (χ2v) is 7.24. The molecule has 2 fully saturated rings. The van der Waals surface area contributed by atoms with Crippen LogP contribution in [0.3, 0.4) is 0 Å². The summed E-state index contributed by atoms with van der Waals surface area (Å²) in [5, 5.41) is 14.7. The van der Waals surface area contributed by atoms with Gasteiger partial charge in [-0.1, -0.05) is 0 Å². The number of nitrogens with zero attached hydrogens (tertiary/aromatic N) is 2. The summed E-state index contributed by atoms with van der Waals surface area (Å²) in [6.45, 7) is 3.93. The number of fused-ring (bicyclic) bond motifs is 1. The number of hydrogen-bond acceptors (Lipinski definition) is 6. The fraction of sp³-hybridized carbons (Fsp3) is 0.474. The first-order valence-corrected chi connectivity index (χ1v) is 9.07. The van der Waals surface area contributed by atoms with Gasteiger partial charge in [0.1, 0.15) is 5.69 Å². The van der Waals surface area contributed by atoms with Crippen LogP contribution >= 0.6 is 0 Å². The third-order valence-corrected chi connectivity index (χ3v) is 5.25. The number of rotatable bonds is 4. The standard InChI is InChI=1S/C19H22FN3O4.K/c1-10-8-22(6-5-21-10)16-14(20)7-12-15(18(16)27-2)23(11-3-4-11)9-13(17(12)24)19(25)26;/h7,9-11,21H,3-6,8H2,1-2H3,(H,25,26);/q;+1/p-1. The Morgan fingerprint density at radius 3 is 2.68 bits per heavy atom. The van der Waals surface area contributed by atoms with E-state index in [1.165, 1.54) is 13.3 Å². The van der Waals surface area contributed by atoms with Crippen LogP contribution in [0.5, 0.6) is 5.75 Å². The van der Waals surface area contributed by atoms with Crippen LogP contribution in [0.25, 0.3) is 10.9 Å². The molecule has 1 aromatic heterocycles. The van der Waals surface area contributed by atoms with Gasteiger partial charge in [-0.25, -0.2) is 4.39 Å². The van der Waals surface area contributed by atoms with Gasteiger partial charge in [0.15, 0.2) is 17.0 Å². The molecule has 0 spiro atoms. The van der Waals surface area contributed by atoms with Gasteiger partial charge >= 0.3 is 51.4 Å². The molecule has 9 heteroatoms. The molecule has 1 N–H and O–H groups in total. The number of carboxylic acid groups (broad SMARTS) is 1. The second-order valence-electron chi connectivity index (χ2n) is 7.24. The maximum absolute atomic E-state index is 15.1. The van der Waals surface area contributed by atoms with E-state index in [9.17, 15) is 14.7 Å². The van der Waals surface area contributed by atoms with Crippen molar-refractivity contribution in [1.29, 1.82) is 0 Å². The van der Waals surface area contributed by atoms with Crippen molar-refractivity contribution in [3.05, 3.63) is 33.9 Å². The number of ether oxygens (including phenoxy) is 1. The van der Waals surface area contributed by atoms with Crippen LogP contribution in [0.15, 0.2) is 17.1 Å². The molecule has 1 atom stereocenters. The van der Waals surface area contributed by atoms with E-state index < -0.39 is 22.8 Å². The van der Waals surface area contributed by atoms with E-state index in [1.54, 1.807) is 4.57 Å². The first-order chi connectivity index (χ1) is 12.9. The summed E-state index contributed by atoms with van der Waals surface area (Å²) in [4.78, 5) is 25.9. The zero-order chi connectivity index (χ0) is 19.3. The SMILES string of the molecule is COc1c(N2CCNC(C)C2)c(F)cc2c(=O)c(C(=O)[O-])cn(C3CC3)c12.[K+]. The van der Waals surface area contributed by atoms with E-state index in [4.69, 9.17) is 4.74 Å². The van der Waals surface area contributed by atoms with Crippen LogP contribution in [-0.4, -0.2) is 43.3 Å². The van der Waals surface area contributed by atoms with Gasteiger partial charge in [-0.3, -0.25) is 4.79 Å². The largest absolute Gasteiger partial charge is 1.00 e. The van der Waals surface area contributed by atoms with Crippen molar-refractivity contribution in [2.24, 2.45) is 0 Å². The number of pyridine rings is 1. The zero-order valence-corrected chi connectivity index (χ0v) is 19.4. The third-order valence-electron chi connectivity index (χ3n) is 5.25. The minimum absolute atomic E-state index is 0. The Labute approximate surface area is 204 Å². The molecule has 28 heavy (non-hydrogen) atoms. The molecule has 2 aromatic rings. The van der Waals surface area contributed by atoms with Crippen molar-refractivity contribution in [3.8, 4) is 5.75 Å². The predicted molar refractivity (Wildman–Crippen MR) is 97.0 cm³/mol. The van der Waals surface area contributed by atoms with Gasteiger partial charge in [0.25, 0.3) is 0 Å². The molecule has 144 valence electrons. The van der Waals surface area contributed by atoms with E-state index in [2.05, 4.69) is 5.32 Å². The summed E-state index contributed by atoms with van der Waals surface area (Å²) in [5.41, 5.74) is -0.454. The Morgan fingerprint density at radius 2 is 2.11 bits per heavy atom. The van der Waals surface area contributed by atoms with Crippen molar-refractivity contribution in [2.75, 3.05) is 31.6 Å². The fourth-order valence-corrected chi connectivity index (χ4v) is 3.85. The number of nitrogens with one attached hydrogen (secondary N) is 1. The molecule has 1 saturated heterocycles. The van der Waals surface area contributed by atoms with Crippen molar-refractivity contribution in [1.82, 2.24) is 9.88 Å². The molecule has 7 nitrogen and oxygen atoms in total. The Morgan fingerprint density at radius 1 is 1.39 bits per heavy atom. The van der Waals surface area contributed by atoms with Gasteiger partial charge in [-0.05, 0) is 25.8 Å². The molecule has 0 amide bonds. The van der Waals surface area contributed by atoms with E-state index >= 15 is 4.39 Å². The third kappa shape index (κ3) is 3.76. The van der Waals surface area contributed by atoms with Crippen molar-refractivity contribution < 1.29 is 70.4 Å². The van der Waals surface area contributed by atoms with Gasteiger partial charge in [0, 0.05) is 37.9 Å². The van der Waals surface area contributed by atoms with Gasteiger partial charge in [-0.15, -0.1) is 0 Å². The number of benzene rings is 1. The minimum atomic E-state index is -1.56. The number of halogens is 1. The second kappa shape index (κ2) is 8.41. The molecule has 1 unspecified atom stereocenters. The van der Waals surface area contributed by atoms with Crippen LogP contribution in [0.2, 0.25) is 0 Å². The minimum Gasteiger partial charge on any atom is -0.545 e. The molecule has 0 bridgehead atoms. The number of aromatic carboxylic acids is 1. The molecule has 2 aliphatic rings. The number of carbonyl (C=O) groups excluding carboxylic acids is 1. The normalized spacial score (nSPS) is 19.4. The van der Waals surface area contributed by atoms with Crippen LogP contribution in [0, 0.1) is 5.82 Å². The van der Waals surface area contributed by atoms with Crippen molar-refractivity contribution >= 4 is 22.6 Å². The quantitative estimate of drug-likeness (QED) is 0.565. The molecular formula is C19H21FKN3O4. The summed E-state index contributed by atoms with van der Waals surface area (Å²) in [6, 6.07) is 1.39. The number of anilines is 1. The van der Waals surface area contributed by atoms with Crippen LogP contribution < -0.4 is 76.9 Å². The molecule has 1 aliphatic heterocycles. The maximum atomic E-state index is 15.1. The van der Waals surface area contributed by atoms with Gasteiger partial charge in [-0.2, -0.15) is 0 Å². The number of aromatic nitrogens is 1. The van der Waals surface area contributed by atoms with Gasteiger partial charge < -0.3 is 29.4 Å². The average Bonchev–Trinajstić information content (AvgIpc) is 3.46. The van der Waals surface area contributed by atoms with Crippen LogP contribution in [0.4, 0.5) is 10.1 Å². The Bertz CT molecular complexity index is 990. The predicted octanol–water partition coefficient (Wildman–Crippen LogP) is -2.35. The number of carboxylic acids is 1. The van der Waals surface area contributed by atoms with E-state index in [1.807, 2.05) is 11.8 Å². The van der Waals surface area contributed by atoms with Crippen molar-refractivity contribution in [2.45, 2.75) is 31.8 Å². The zero-order valence-electron chi connectivity index (χ0n) is 16.3. The maximum Gasteiger partial charge on any atom is 1.00 e. The van der Waals surface area contributed by atoms with E-state index in [0.29, 0.717) is 30.8 Å². The van der Waals surface area contributed by atoms with Crippen LogP contribution in [-0.2, 0) is 0 Å². The summed E-state index contributed by atoms with van der Waals surface area (Å²) in [7, 11) is 1.44. The summed E-state index contributed by atoms with van der Waals surface area (Å²) >= 11 is 0. The summed E-state index contributed by atoms with van der Waals surface area (Å²) < 4.78 is 22.4. The van der Waals surface area contributed by atoms with Crippen LogP contribution in [0.1, 0.15) is 36.2 Å².